The molecule has 0 fully saturated rings. The van der Waals surface area contributed by atoms with Crippen molar-refractivity contribution in [1.82, 2.24) is 4.98 Å². The van der Waals surface area contributed by atoms with Crippen LogP contribution < -0.4 is 15.4 Å². The van der Waals surface area contributed by atoms with E-state index in [9.17, 15) is 4.79 Å². The zero-order chi connectivity index (χ0) is 19.2. The number of carbonyl (C=O) groups is 1. The smallest absolute Gasteiger partial charge is 0.274 e. The number of nitriles is 1. The number of anilines is 3. The van der Waals surface area contributed by atoms with Gasteiger partial charge < -0.3 is 15.4 Å². The number of aryl methyl sites for hydroxylation is 1. The predicted molar refractivity (Wildman–Crippen MR) is 104 cm³/mol. The first-order chi connectivity index (χ1) is 13.1. The lowest BCUT2D eigenvalue weighted by atomic mass is 10.2. The number of ether oxygens (including phenoxy) is 1. The summed E-state index contributed by atoms with van der Waals surface area (Å²) in [5.74, 6) is 0.253. The fraction of sp³-hybridized carbons (Fsp3) is 0.0952. The molecule has 0 aliphatic heterocycles. The summed E-state index contributed by atoms with van der Waals surface area (Å²) in [5.41, 5.74) is 3.99. The number of aromatic nitrogens is 1. The van der Waals surface area contributed by atoms with Crippen molar-refractivity contribution in [3.63, 3.8) is 0 Å². The molecule has 1 amide bonds. The van der Waals surface area contributed by atoms with E-state index in [0.717, 1.165) is 16.9 Å². The van der Waals surface area contributed by atoms with Crippen molar-refractivity contribution >= 4 is 23.0 Å². The van der Waals surface area contributed by atoms with Gasteiger partial charge in [0.2, 0.25) is 0 Å². The van der Waals surface area contributed by atoms with Crippen molar-refractivity contribution in [3.8, 4) is 11.8 Å². The second kappa shape index (κ2) is 8.02. The lowest BCUT2D eigenvalue weighted by Crippen LogP contribution is -2.14. The summed E-state index contributed by atoms with van der Waals surface area (Å²) in [6.45, 7) is 1.94. The van der Waals surface area contributed by atoms with Crippen molar-refractivity contribution in [2.24, 2.45) is 0 Å². The first-order valence-electron chi connectivity index (χ1n) is 8.28. The molecule has 2 N–H and O–H groups in total. The van der Waals surface area contributed by atoms with Crippen LogP contribution in [0.2, 0.25) is 0 Å². The van der Waals surface area contributed by atoms with Crippen molar-refractivity contribution in [3.05, 3.63) is 77.6 Å². The standard InChI is InChI=1S/C21H18N4O2/c1-14-3-8-20(27-2)18(11-14)25-21(26)19-12-17(9-10-23-19)24-16-6-4-15(13-22)5-7-16/h3-12H,1-2H3,(H,23,24)(H,25,26). The van der Waals surface area contributed by atoms with Crippen LogP contribution in [0.3, 0.4) is 0 Å². The summed E-state index contributed by atoms with van der Waals surface area (Å²) in [6.07, 6.45) is 1.56. The molecule has 6 heteroatoms. The fourth-order valence-corrected chi connectivity index (χ4v) is 2.53. The molecule has 0 atom stereocenters. The van der Waals surface area contributed by atoms with Crippen LogP contribution in [0.1, 0.15) is 21.6 Å². The Balaban J connectivity index is 1.77. The number of hydrogen-bond donors (Lipinski definition) is 2. The topological polar surface area (TPSA) is 87.0 Å². The van der Waals surface area contributed by atoms with Gasteiger partial charge in [-0.1, -0.05) is 6.07 Å². The average Bonchev–Trinajstić information content (AvgIpc) is 2.69. The molecule has 0 aliphatic carbocycles. The van der Waals surface area contributed by atoms with Gasteiger partial charge in [-0.25, -0.2) is 0 Å². The van der Waals surface area contributed by atoms with Gasteiger partial charge in [-0.2, -0.15) is 5.26 Å². The summed E-state index contributed by atoms with van der Waals surface area (Å²) in [6, 6.07) is 18.1. The number of benzene rings is 2. The number of rotatable bonds is 5. The van der Waals surface area contributed by atoms with Crippen LogP contribution in [-0.4, -0.2) is 18.0 Å². The zero-order valence-electron chi connectivity index (χ0n) is 15.0. The van der Waals surface area contributed by atoms with Gasteiger partial charge in [0.05, 0.1) is 24.4 Å². The van der Waals surface area contributed by atoms with E-state index in [0.29, 0.717) is 17.0 Å². The molecule has 3 aromatic rings. The number of carbonyl (C=O) groups excluding carboxylic acids is 1. The Morgan fingerprint density at radius 2 is 1.85 bits per heavy atom. The van der Waals surface area contributed by atoms with E-state index < -0.39 is 0 Å². The van der Waals surface area contributed by atoms with E-state index >= 15 is 0 Å². The van der Waals surface area contributed by atoms with E-state index in [1.807, 2.05) is 19.1 Å². The minimum Gasteiger partial charge on any atom is -0.495 e. The zero-order valence-corrected chi connectivity index (χ0v) is 15.0. The molecular weight excluding hydrogens is 340 g/mol. The summed E-state index contributed by atoms with van der Waals surface area (Å²) in [5, 5.41) is 14.9. The molecule has 134 valence electrons. The van der Waals surface area contributed by atoms with E-state index in [1.54, 1.807) is 55.8 Å². The highest BCUT2D eigenvalue weighted by Gasteiger charge is 2.12. The number of amides is 1. The summed E-state index contributed by atoms with van der Waals surface area (Å²) in [7, 11) is 1.56. The Bertz CT molecular complexity index is 1010. The van der Waals surface area contributed by atoms with Crippen molar-refractivity contribution in [2.45, 2.75) is 6.92 Å². The first kappa shape index (κ1) is 18.0. The molecule has 0 radical (unpaired) electrons. The molecular formula is C21H18N4O2. The first-order valence-corrected chi connectivity index (χ1v) is 8.28. The number of nitrogens with one attached hydrogen (secondary N) is 2. The molecule has 2 aromatic carbocycles. The molecule has 0 aliphatic rings. The second-order valence-electron chi connectivity index (χ2n) is 5.90. The van der Waals surface area contributed by atoms with Crippen LogP contribution in [0.4, 0.5) is 17.1 Å². The quantitative estimate of drug-likeness (QED) is 0.711. The van der Waals surface area contributed by atoms with Crippen molar-refractivity contribution in [1.29, 1.82) is 5.26 Å². The SMILES string of the molecule is COc1ccc(C)cc1NC(=O)c1cc(Nc2ccc(C#N)cc2)ccn1. The van der Waals surface area contributed by atoms with Crippen molar-refractivity contribution in [2.75, 3.05) is 17.7 Å². The van der Waals surface area contributed by atoms with Gasteiger partial charge in [0.1, 0.15) is 11.4 Å². The van der Waals surface area contributed by atoms with Gasteiger partial charge in [0.15, 0.2) is 0 Å². The summed E-state index contributed by atoms with van der Waals surface area (Å²) in [4.78, 5) is 16.7. The normalized spacial score (nSPS) is 9.96. The van der Waals surface area contributed by atoms with Crippen LogP contribution in [-0.2, 0) is 0 Å². The molecule has 0 unspecified atom stereocenters. The number of pyridine rings is 1. The number of methoxy groups -OCH3 is 1. The minimum atomic E-state index is -0.331. The third kappa shape index (κ3) is 4.41. The maximum absolute atomic E-state index is 12.6. The lowest BCUT2D eigenvalue weighted by molar-refractivity contribution is 0.102. The van der Waals surface area contributed by atoms with Gasteiger partial charge in [-0.15, -0.1) is 0 Å². The van der Waals surface area contributed by atoms with E-state index in [1.165, 1.54) is 0 Å². The van der Waals surface area contributed by atoms with Crippen LogP contribution in [0, 0.1) is 18.3 Å². The molecule has 0 spiro atoms. The second-order valence-corrected chi connectivity index (χ2v) is 5.90. The highest BCUT2D eigenvalue weighted by atomic mass is 16.5. The largest absolute Gasteiger partial charge is 0.495 e. The molecule has 1 aromatic heterocycles. The predicted octanol–water partition coefficient (Wildman–Crippen LogP) is 4.27. The van der Waals surface area contributed by atoms with Crippen LogP contribution in [0.15, 0.2) is 60.8 Å². The molecule has 0 saturated carbocycles. The van der Waals surface area contributed by atoms with E-state index in [-0.39, 0.29) is 11.6 Å². The third-order valence-electron chi connectivity index (χ3n) is 3.90. The Morgan fingerprint density at radius 3 is 2.56 bits per heavy atom. The van der Waals surface area contributed by atoms with Gasteiger partial charge in [-0.05, 0) is 61.0 Å². The number of nitrogens with zero attached hydrogens (tertiary/aromatic N) is 2. The average molecular weight is 358 g/mol. The molecule has 0 bridgehead atoms. The molecule has 1 heterocycles. The van der Waals surface area contributed by atoms with E-state index in [2.05, 4.69) is 21.7 Å². The Morgan fingerprint density at radius 1 is 1.07 bits per heavy atom. The maximum Gasteiger partial charge on any atom is 0.274 e. The van der Waals surface area contributed by atoms with Gasteiger partial charge in [-0.3, -0.25) is 9.78 Å². The maximum atomic E-state index is 12.6. The highest BCUT2D eigenvalue weighted by molar-refractivity contribution is 6.04. The Hall–Kier alpha value is -3.85. The molecule has 6 nitrogen and oxygen atoms in total. The summed E-state index contributed by atoms with van der Waals surface area (Å²) >= 11 is 0. The molecule has 0 saturated heterocycles. The van der Waals surface area contributed by atoms with Crippen molar-refractivity contribution < 1.29 is 9.53 Å². The Kier molecular flexibility index (Phi) is 5.33. The minimum absolute atomic E-state index is 0.275. The van der Waals surface area contributed by atoms with Gasteiger partial charge in [0.25, 0.3) is 5.91 Å². The van der Waals surface area contributed by atoms with E-state index in [4.69, 9.17) is 10.00 Å². The van der Waals surface area contributed by atoms with Gasteiger partial charge >= 0.3 is 0 Å². The number of hydrogen-bond acceptors (Lipinski definition) is 5. The van der Waals surface area contributed by atoms with Gasteiger partial charge in [0, 0.05) is 17.6 Å². The highest BCUT2D eigenvalue weighted by Crippen LogP contribution is 2.26. The molecule has 3 rings (SSSR count). The van der Waals surface area contributed by atoms with Crippen LogP contribution in [0.25, 0.3) is 0 Å². The lowest BCUT2D eigenvalue weighted by Gasteiger charge is -2.11. The fourth-order valence-electron chi connectivity index (χ4n) is 2.53. The van der Waals surface area contributed by atoms with Crippen LogP contribution in [0.5, 0.6) is 5.75 Å². The third-order valence-corrected chi connectivity index (χ3v) is 3.90. The molecule has 27 heavy (non-hydrogen) atoms. The Labute approximate surface area is 157 Å². The summed E-state index contributed by atoms with van der Waals surface area (Å²) < 4.78 is 5.29. The van der Waals surface area contributed by atoms with Crippen LogP contribution >= 0.6 is 0 Å². The monoisotopic (exact) mass is 358 g/mol.